The molecular formula is C22H28N6O4S. The number of amides is 1. The van der Waals surface area contributed by atoms with Crippen LogP contribution in [0.3, 0.4) is 0 Å². The van der Waals surface area contributed by atoms with Crippen LogP contribution in [0.1, 0.15) is 6.92 Å². The number of rotatable bonds is 10. The molecule has 0 aliphatic carbocycles. The lowest BCUT2D eigenvalue weighted by Crippen LogP contribution is -2.37. The highest BCUT2D eigenvalue weighted by molar-refractivity contribution is 7.99. The molecule has 1 aliphatic heterocycles. The number of anilines is 1. The minimum Gasteiger partial charge on any atom is -0.497 e. The molecule has 33 heavy (non-hydrogen) atoms. The van der Waals surface area contributed by atoms with Gasteiger partial charge in [-0.05, 0) is 17.9 Å². The molecule has 1 aromatic carbocycles. The van der Waals surface area contributed by atoms with E-state index in [9.17, 15) is 4.79 Å². The van der Waals surface area contributed by atoms with Gasteiger partial charge in [-0.3, -0.25) is 4.79 Å². The first-order valence-electron chi connectivity index (χ1n) is 10.9. The number of nitrogens with zero attached hydrogens (tertiary/aromatic N) is 5. The Kier molecular flexibility index (Phi) is 7.84. The number of methoxy groups -OCH3 is 1. The van der Waals surface area contributed by atoms with Gasteiger partial charge in [0.1, 0.15) is 17.3 Å². The minimum atomic E-state index is -0.208. The quantitative estimate of drug-likeness (QED) is 0.350. The number of fused-ring (bicyclic) bond motifs is 1. The maximum Gasteiger partial charge on any atom is 0.258 e. The van der Waals surface area contributed by atoms with Crippen molar-refractivity contribution in [2.24, 2.45) is 0 Å². The van der Waals surface area contributed by atoms with Gasteiger partial charge in [-0.25, -0.2) is 14.6 Å². The van der Waals surface area contributed by atoms with Gasteiger partial charge in [0, 0.05) is 25.7 Å². The predicted molar refractivity (Wildman–Crippen MR) is 126 cm³/mol. The topological polar surface area (TPSA) is 104 Å². The van der Waals surface area contributed by atoms with E-state index >= 15 is 0 Å². The third kappa shape index (κ3) is 5.85. The first kappa shape index (κ1) is 23.1. The summed E-state index contributed by atoms with van der Waals surface area (Å²) >= 11 is 1.60. The predicted octanol–water partition coefficient (Wildman–Crippen LogP) is 1.98. The smallest absolute Gasteiger partial charge is 0.258 e. The Bertz CT molecular complexity index is 1090. The molecule has 10 nitrogen and oxygen atoms in total. The maximum absolute atomic E-state index is 12.2. The van der Waals surface area contributed by atoms with Crippen LogP contribution in [0, 0.1) is 0 Å². The molecule has 0 unspecified atom stereocenters. The summed E-state index contributed by atoms with van der Waals surface area (Å²) in [5.41, 5.74) is 0.768. The maximum atomic E-state index is 12.2. The van der Waals surface area contributed by atoms with Crippen molar-refractivity contribution in [1.29, 1.82) is 0 Å². The zero-order valence-corrected chi connectivity index (χ0v) is 19.6. The van der Waals surface area contributed by atoms with E-state index in [1.54, 1.807) is 37.2 Å². The van der Waals surface area contributed by atoms with Crippen LogP contribution < -0.4 is 19.7 Å². The van der Waals surface area contributed by atoms with Crippen molar-refractivity contribution >= 4 is 34.5 Å². The molecule has 0 radical (unpaired) electrons. The number of benzene rings is 1. The number of hydrogen-bond acceptors (Lipinski definition) is 9. The second-order valence-electron chi connectivity index (χ2n) is 7.28. The average Bonchev–Trinajstić information content (AvgIpc) is 3.26. The molecule has 1 amide bonds. The zero-order chi connectivity index (χ0) is 23.0. The minimum absolute atomic E-state index is 0.0757. The highest BCUT2D eigenvalue weighted by Gasteiger charge is 2.20. The highest BCUT2D eigenvalue weighted by atomic mass is 32.2. The van der Waals surface area contributed by atoms with Crippen molar-refractivity contribution in [2.45, 2.75) is 18.6 Å². The zero-order valence-electron chi connectivity index (χ0n) is 18.8. The molecule has 0 spiro atoms. The van der Waals surface area contributed by atoms with Crippen LogP contribution in [-0.4, -0.2) is 78.0 Å². The van der Waals surface area contributed by atoms with Crippen molar-refractivity contribution < 1.29 is 19.0 Å². The van der Waals surface area contributed by atoms with Gasteiger partial charge in [-0.2, -0.15) is 5.10 Å². The van der Waals surface area contributed by atoms with Gasteiger partial charge >= 0.3 is 0 Å². The largest absolute Gasteiger partial charge is 0.497 e. The first-order chi connectivity index (χ1) is 16.2. The first-order valence-corrected chi connectivity index (χ1v) is 11.9. The SMILES string of the molecule is CCSc1nc(N2CCOCC2)c2cnn(CCNC(=O)COc3cccc(OC)c3)c2n1. The number of hydrogen-bond donors (Lipinski definition) is 1. The number of carbonyl (C=O) groups is 1. The number of carbonyl (C=O) groups excluding carboxylic acids is 1. The molecule has 176 valence electrons. The van der Waals surface area contributed by atoms with Crippen molar-refractivity contribution in [2.75, 3.05) is 57.2 Å². The number of morpholine rings is 1. The van der Waals surface area contributed by atoms with E-state index in [0.717, 1.165) is 40.9 Å². The van der Waals surface area contributed by atoms with Gasteiger partial charge in [-0.15, -0.1) is 0 Å². The molecule has 0 atom stereocenters. The lowest BCUT2D eigenvalue weighted by molar-refractivity contribution is -0.123. The third-order valence-corrected chi connectivity index (χ3v) is 5.83. The molecule has 0 bridgehead atoms. The van der Waals surface area contributed by atoms with E-state index < -0.39 is 0 Å². The Balaban J connectivity index is 1.38. The fourth-order valence-electron chi connectivity index (χ4n) is 3.49. The molecule has 11 heteroatoms. The Labute approximate surface area is 196 Å². The third-order valence-electron chi connectivity index (χ3n) is 5.10. The van der Waals surface area contributed by atoms with E-state index in [1.165, 1.54) is 0 Å². The Morgan fingerprint density at radius 3 is 2.85 bits per heavy atom. The molecule has 1 saturated heterocycles. The molecule has 1 aliphatic rings. The van der Waals surface area contributed by atoms with E-state index in [0.29, 0.717) is 37.8 Å². The van der Waals surface area contributed by atoms with Gasteiger partial charge in [0.2, 0.25) is 0 Å². The van der Waals surface area contributed by atoms with Crippen molar-refractivity contribution in [3.63, 3.8) is 0 Å². The summed E-state index contributed by atoms with van der Waals surface area (Å²) in [7, 11) is 1.59. The monoisotopic (exact) mass is 472 g/mol. The van der Waals surface area contributed by atoms with Crippen LogP contribution in [0.25, 0.3) is 11.0 Å². The molecule has 0 saturated carbocycles. The summed E-state index contributed by atoms with van der Waals surface area (Å²) in [6, 6.07) is 7.15. The normalized spacial score (nSPS) is 13.8. The molecule has 2 aromatic heterocycles. The Morgan fingerprint density at radius 1 is 1.24 bits per heavy atom. The van der Waals surface area contributed by atoms with Crippen LogP contribution in [0.4, 0.5) is 5.82 Å². The van der Waals surface area contributed by atoms with Crippen LogP contribution in [0.15, 0.2) is 35.6 Å². The Hall–Kier alpha value is -3.05. The van der Waals surface area contributed by atoms with E-state index in [-0.39, 0.29) is 12.5 Å². The van der Waals surface area contributed by atoms with Gasteiger partial charge in [-0.1, -0.05) is 24.8 Å². The van der Waals surface area contributed by atoms with Crippen LogP contribution in [0.5, 0.6) is 11.5 Å². The van der Waals surface area contributed by atoms with Crippen LogP contribution in [0.2, 0.25) is 0 Å². The van der Waals surface area contributed by atoms with E-state index in [2.05, 4.69) is 22.2 Å². The second-order valence-corrected chi connectivity index (χ2v) is 8.52. The molecule has 3 aromatic rings. The van der Waals surface area contributed by atoms with Gasteiger partial charge in [0.25, 0.3) is 5.91 Å². The van der Waals surface area contributed by atoms with Gasteiger partial charge < -0.3 is 24.4 Å². The van der Waals surface area contributed by atoms with Crippen LogP contribution >= 0.6 is 11.8 Å². The van der Waals surface area contributed by atoms with Gasteiger partial charge in [0.15, 0.2) is 17.4 Å². The number of nitrogens with one attached hydrogen (secondary N) is 1. The molecule has 3 heterocycles. The lowest BCUT2D eigenvalue weighted by Gasteiger charge is -2.28. The van der Waals surface area contributed by atoms with Crippen molar-refractivity contribution in [3.05, 3.63) is 30.5 Å². The molecule has 1 fully saturated rings. The lowest BCUT2D eigenvalue weighted by atomic mass is 10.3. The average molecular weight is 473 g/mol. The van der Waals surface area contributed by atoms with Gasteiger partial charge in [0.05, 0.1) is 38.5 Å². The summed E-state index contributed by atoms with van der Waals surface area (Å²) in [4.78, 5) is 23.9. The molecule has 4 rings (SSSR count). The Morgan fingerprint density at radius 2 is 2.06 bits per heavy atom. The highest BCUT2D eigenvalue weighted by Crippen LogP contribution is 2.27. The van der Waals surface area contributed by atoms with E-state index in [1.807, 2.05) is 16.8 Å². The van der Waals surface area contributed by atoms with Crippen LogP contribution in [-0.2, 0) is 16.1 Å². The summed E-state index contributed by atoms with van der Waals surface area (Å²) in [6.07, 6.45) is 1.80. The summed E-state index contributed by atoms with van der Waals surface area (Å²) in [5, 5.41) is 9.02. The molecule has 1 N–H and O–H groups in total. The summed E-state index contributed by atoms with van der Waals surface area (Å²) in [6.45, 7) is 5.84. The standard InChI is InChI=1S/C22H28N6O4S/c1-3-33-22-25-20(27-9-11-31-12-10-27)18-14-24-28(21(18)26-22)8-7-23-19(29)15-32-17-6-4-5-16(13-17)30-2/h4-6,13-14H,3,7-12,15H2,1-2H3,(H,23,29). The number of aromatic nitrogens is 4. The van der Waals surface area contributed by atoms with Crippen molar-refractivity contribution in [1.82, 2.24) is 25.1 Å². The fourth-order valence-corrected chi connectivity index (χ4v) is 4.05. The fraction of sp³-hybridized carbons (Fsp3) is 0.455. The van der Waals surface area contributed by atoms with E-state index in [4.69, 9.17) is 24.2 Å². The summed E-state index contributed by atoms with van der Waals surface area (Å²) < 4.78 is 18.0. The van der Waals surface area contributed by atoms with Crippen molar-refractivity contribution in [3.8, 4) is 11.5 Å². The molecular weight excluding hydrogens is 444 g/mol. The number of thioether (sulfide) groups is 1. The number of ether oxygens (including phenoxy) is 3. The summed E-state index contributed by atoms with van der Waals surface area (Å²) in [5.74, 6) is 2.82. The second kappa shape index (κ2) is 11.2.